The summed E-state index contributed by atoms with van der Waals surface area (Å²) in [7, 11) is -2.54. The van der Waals surface area contributed by atoms with Gasteiger partial charge in [-0.2, -0.15) is 0 Å². The van der Waals surface area contributed by atoms with Gasteiger partial charge in [0.05, 0.1) is 11.7 Å². The van der Waals surface area contributed by atoms with Crippen LogP contribution in [0.3, 0.4) is 0 Å². The Balaban J connectivity index is 1.72. The molecule has 2 aromatic heterocycles. The Kier molecular flexibility index (Phi) is 6.39. The number of benzene rings is 1. The first-order chi connectivity index (χ1) is 14.2. The summed E-state index contributed by atoms with van der Waals surface area (Å²) in [5.74, 6) is -1.28. The molecule has 12 heteroatoms. The minimum atomic E-state index is -4.07. The zero-order valence-electron chi connectivity index (χ0n) is 16.1. The molecular weight excluding hydrogens is 444 g/mol. The van der Waals surface area contributed by atoms with Crippen molar-refractivity contribution in [3.8, 4) is 0 Å². The molecule has 0 aliphatic rings. The first kappa shape index (κ1) is 21.7. The molecular formula is C18H18N6O3S3. The number of carbonyl (C=O) groups is 1. The number of aryl methyl sites for hydroxylation is 1. The van der Waals surface area contributed by atoms with E-state index >= 15 is 0 Å². The van der Waals surface area contributed by atoms with Crippen molar-refractivity contribution in [1.82, 2.24) is 25.1 Å². The second kappa shape index (κ2) is 8.81. The lowest BCUT2D eigenvalue weighted by molar-refractivity contribution is -0.121. The first-order valence-corrected chi connectivity index (χ1v) is 11.1. The highest BCUT2D eigenvalue weighted by Gasteiger charge is 2.20. The molecule has 1 amide bonds. The summed E-state index contributed by atoms with van der Waals surface area (Å²) in [5.41, 5.74) is 3.72. The van der Waals surface area contributed by atoms with E-state index in [1.807, 2.05) is 18.2 Å². The molecule has 3 aromatic rings. The van der Waals surface area contributed by atoms with Gasteiger partial charge in [0.25, 0.3) is 15.9 Å². The average Bonchev–Trinajstić information content (AvgIpc) is 2.70. The Hall–Kier alpha value is -2.96. The van der Waals surface area contributed by atoms with Gasteiger partial charge in [-0.05, 0) is 13.0 Å². The molecule has 2 heterocycles. The van der Waals surface area contributed by atoms with Crippen LogP contribution in [0.1, 0.15) is 11.4 Å². The van der Waals surface area contributed by atoms with Gasteiger partial charge in [-0.3, -0.25) is 20.2 Å². The number of thiocarbonyl (C=S) groups is 1. The van der Waals surface area contributed by atoms with E-state index in [0.717, 1.165) is 10.2 Å². The van der Waals surface area contributed by atoms with Crippen LogP contribution in [0.5, 0.6) is 0 Å². The molecule has 0 saturated carbocycles. The molecule has 0 bridgehead atoms. The number of sulfonamides is 1. The predicted octanol–water partition coefficient (Wildman–Crippen LogP) is 1.68. The zero-order valence-corrected chi connectivity index (χ0v) is 18.5. The smallest absolute Gasteiger partial charge is 0.255 e. The van der Waals surface area contributed by atoms with Gasteiger partial charge in [0.1, 0.15) is 15.5 Å². The lowest BCUT2D eigenvalue weighted by atomic mass is 10.2. The van der Waals surface area contributed by atoms with E-state index in [1.54, 1.807) is 25.1 Å². The highest BCUT2D eigenvalue weighted by Crippen LogP contribution is 2.13. The number of carbonyl (C=O) groups excluding carboxylic acids is 1. The molecule has 0 aliphatic carbocycles. The van der Waals surface area contributed by atoms with Crippen LogP contribution in [0.25, 0.3) is 10.9 Å². The minimum Gasteiger partial charge on any atom is -0.277 e. The Bertz CT molecular complexity index is 1280. The lowest BCUT2D eigenvalue weighted by Crippen LogP contribution is -2.46. The Morgan fingerprint density at radius 3 is 2.63 bits per heavy atom. The van der Waals surface area contributed by atoms with Crippen molar-refractivity contribution in [2.45, 2.75) is 6.92 Å². The minimum absolute atomic E-state index is 0.214. The average molecular weight is 463 g/mol. The van der Waals surface area contributed by atoms with Crippen molar-refractivity contribution in [1.29, 1.82) is 0 Å². The number of hydrogen-bond donors (Lipinski definition) is 2. The number of nitrogens with one attached hydrogen (secondary N) is 2. The molecule has 2 N–H and O–H groups in total. The molecule has 0 fully saturated rings. The molecule has 0 atom stereocenters. The van der Waals surface area contributed by atoms with E-state index in [4.69, 9.17) is 24.4 Å². The van der Waals surface area contributed by atoms with Crippen LogP contribution in [-0.4, -0.2) is 51.8 Å². The summed E-state index contributed by atoms with van der Waals surface area (Å²) >= 11 is 10.7. The van der Waals surface area contributed by atoms with Crippen molar-refractivity contribution in [3.63, 3.8) is 0 Å². The second-order valence-corrected chi connectivity index (χ2v) is 8.78. The number of hydrogen-bond acceptors (Lipinski definition) is 7. The van der Waals surface area contributed by atoms with E-state index in [-0.39, 0.29) is 4.64 Å². The van der Waals surface area contributed by atoms with Gasteiger partial charge in [0.15, 0.2) is 5.75 Å². The fourth-order valence-electron chi connectivity index (χ4n) is 2.64. The van der Waals surface area contributed by atoms with Gasteiger partial charge in [0, 0.05) is 24.2 Å². The van der Waals surface area contributed by atoms with Crippen molar-refractivity contribution >= 4 is 56.3 Å². The summed E-state index contributed by atoms with van der Waals surface area (Å²) in [6, 6.07) is 10.7. The summed E-state index contributed by atoms with van der Waals surface area (Å²) in [4.78, 5) is 23.2. The Morgan fingerprint density at radius 1 is 1.23 bits per heavy atom. The molecule has 0 spiro atoms. The Labute approximate surface area is 183 Å². The van der Waals surface area contributed by atoms with Gasteiger partial charge in [-0.15, -0.1) is 0 Å². The van der Waals surface area contributed by atoms with Crippen LogP contribution < -0.4 is 10.3 Å². The van der Waals surface area contributed by atoms with E-state index in [0.29, 0.717) is 21.7 Å². The highest BCUT2D eigenvalue weighted by atomic mass is 32.2. The largest absolute Gasteiger partial charge is 0.277 e. The molecule has 0 unspecified atom stereocenters. The van der Waals surface area contributed by atoms with Crippen molar-refractivity contribution in [2.75, 3.05) is 17.6 Å². The zero-order chi connectivity index (χ0) is 21.9. The molecule has 30 heavy (non-hydrogen) atoms. The Morgan fingerprint density at radius 2 is 1.93 bits per heavy atom. The van der Waals surface area contributed by atoms with Crippen molar-refractivity contribution in [3.05, 3.63) is 64.8 Å². The van der Waals surface area contributed by atoms with Gasteiger partial charge < -0.3 is 0 Å². The number of amides is 1. The standard InChI is InChI=1S/C18H18N6O3S3/c1-12-20-15-10-19-9-8-14(15)18(29)24(12)22-30(26,27)11-16(25)21-23(2)17(28)13-6-4-3-5-7-13/h3-10,22H,11H2,1-2H3,(H,21,25). The quantitative estimate of drug-likeness (QED) is 0.435. The monoisotopic (exact) mass is 462 g/mol. The van der Waals surface area contributed by atoms with Crippen LogP contribution in [0.2, 0.25) is 0 Å². The first-order valence-electron chi connectivity index (χ1n) is 8.64. The number of rotatable bonds is 5. The fraction of sp³-hybridized carbons (Fsp3) is 0.167. The summed E-state index contributed by atoms with van der Waals surface area (Å²) in [6.07, 6.45) is 3.07. The maximum atomic E-state index is 12.5. The van der Waals surface area contributed by atoms with E-state index in [1.165, 1.54) is 24.5 Å². The van der Waals surface area contributed by atoms with Crippen LogP contribution in [0, 0.1) is 11.6 Å². The van der Waals surface area contributed by atoms with Crippen molar-refractivity contribution < 1.29 is 13.2 Å². The topological polar surface area (TPSA) is 109 Å². The summed E-state index contributed by atoms with van der Waals surface area (Å²) in [6.45, 7) is 1.59. The van der Waals surface area contributed by atoms with Crippen LogP contribution in [0.15, 0.2) is 48.8 Å². The predicted molar refractivity (Wildman–Crippen MR) is 120 cm³/mol. The number of nitrogens with zero attached hydrogens (tertiary/aromatic N) is 4. The van der Waals surface area contributed by atoms with Gasteiger partial charge in [-0.1, -0.05) is 54.8 Å². The molecule has 156 valence electrons. The van der Waals surface area contributed by atoms with Crippen LogP contribution >= 0.6 is 24.4 Å². The molecule has 0 aliphatic heterocycles. The van der Waals surface area contributed by atoms with E-state index < -0.39 is 21.7 Å². The summed E-state index contributed by atoms with van der Waals surface area (Å²) < 4.78 is 26.4. The van der Waals surface area contributed by atoms with Crippen LogP contribution in [0.4, 0.5) is 0 Å². The van der Waals surface area contributed by atoms with Crippen molar-refractivity contribution in [2.24, 2.45) is 0 Å². The summed E-state index contributed by atoms with van der Waals surface area (Å²) in [5, 5.41) is 1.86. The maximum Gasteiger partial charge on any atom is 0.255 e. The number of pyridine rings is 1. The highest BCUT2D eigenvalue weighted by molar-refractivity contribution is 7.93. The maximum absolute atomic E-state index is 12.5. The molecule has 1 aromatic carbocycles. The molecule has 0 radical (unpaired) electrons. The molecule has 3 rings (SSSR count). The third-order valence-corrected chi connectivity index (χ3v) is 6.02. The third kappa shape index (κ3) is 4.96. The van der Waals surface area contributed by atoms with Crippen LogP contribution in [-0.2, 0) is 14.8 Å². The van der Waals surface area contributed by atoms with Gasteiger partial charge in [0.2, 0.25) is 0 Å². The molecule has 9 nitrogen and oxygen atoms in total. The number of aromatic nitrogens is 3. The van der Waals surface area contributed by atoms with E-state index in [9.17, 15) is 13.2 Å². The van der Waals surface area contributed by atoms with Gasteiger partial charge >= 0.3 is 0 Å². The normalized spacial score (nSPS) is 11.1. The number of fused-ring (bicyclic) bond motifs is 1. The fourth-order valence-corrected chi connectivity index (χ4v) is 4.21. The van der Waals surface area contributed by atoms with E-state index in [2.05, 4.69) is 20.2 Å². The second-order valence-electron chi connectivity index (χ2n) is 6.31. The third-order valence-electron chi connectivity index (χ3n) is 4.01. The lowest BCUT2D eigenvalue weighted by Gasteiger charge is -2.21. The molecule has 0 saturated heterocycles. The SMILES string of the molecule is Cc1nc2cnccc2c(=S)n1NS(=O)(=O)CC(=O)NN(C)C(=S)c1ccccc1. The van der Waals surface area contributed by atoms with Gasteiger partial charge in [-0.25, -0.2) is 22.9 Å². The number of hydrazine groups is 1.